The summed E-state index contributed by atoms with van der Waals surface area (Å²) in [7, 11) is 0. The van der Waals surface area contributed by atoms with E-state index in [9.17, 15) is 22.8 Å². The van der Waals surface area contributed by atoms with Crippen molar-refractivity contribution in [3.63, 3.8) is 0 Å². The molecule has 0 aromatic heterocycles. The fourth-order valence-electron chi connectivity index (χ4n) is 11.2. The topological polar surface area (TPSA) is 72.6 Å². The third-order valence-electron chi connectivity index (χ3n) is 14.4. The van der Waals surface area contributed by atoms with Crippen LogP contribution in [0, 0.1) is 50.2 Å². The molecule has 5 nitrogen and oxygen atoms in total. The number of hydrogen-bond donors (Lipinski definition) is 1. The Balaban J connectivity index is 1.38. The van der Waals surface area contributed by atoms with E-state index in [0.29, 0.717) is 38.0 Å². The van der Waals surface area contributed by atoms with Crippen LogP contribution >= 0.6 is 0 Å². The largest absolute Gasteiger partial charge is 0.511 e. The normalized spacial score (nSPS) is 48.3. The van der Waals surface area contributed by atoms with Crippen LogP contribution in [0.3, 0.4) is 0 Å². The number of carbonyl (C=O) groups excluding carboxylic acids is 2. The standard InChI is InChI=1S/C34H51F3N2O3/c1-28(2)24-10-13-33(7)26(31(24,5)12-11-25(28)38)23(40)18-21-22-19-30(4,15-14-29(22,3)16-17-32(21,33)6)27(41)39(34(35,36)37)42-20-8-9-20/h18,20,22,24-26H,8-17,19,38H2,1-7H3/t22-,24?,25-,26+,29+,30-,31-,32+,33+/m0/s1. The van der Waals surface area contributed by atoms with Crippen LogP contribution in [-0.4, -0.2) is 35.2 Å². The van der Waals surface area contributed by atoms with Gasteiger partial charge in [0.05, 0.1) is 6.10 Å². The highest BCUT2D eigenvalue weighted by Crippen LogP contribution is 2.75. The lowest BCUT2D eigenvalue weighted by molar-refractivity contribution is -0.359. The monoisotopic (exact) mass is 592 g/mol. The number of halogens is 3. The van der Waals surface area contributed by atoms with Gasteiger partial charge in [0.25, 0.3) is 5.91 Å². The van der Waals surface area contributed by atoms with Crippen molar-refractivity contribution in [2.45, 2.75) is 138 Å². The smallest absolute Gasteiger partial charge is 0.327 e. The van der Waals surface area contributed by atoms with Gasteiger partial charge in [0, 0.05) is 17.4 Å². The first-order valence-corrected chi connectivity index (χ1v) is 16.3. The van der Waals surface area contributed by atoms with Crippen LogP contribution < -0.4 is 5.73 Å². The van der Waals surface area contributed by atoms with E-state index < -0.39 is 23.7 Å². The molecule has 0 aliphatic heterocycles. The van der Waals surface area contributed by atoms with Gasteiger partial charge in [-0.25, -0.2) is 0 Å². The molecule has 42 heavy (non-hydrogen) atoms. The molecule has 0 heterocycles. The summed E-state index contributed by atoms with van der Waals surface area (Å²) in [6.07, 6.45) is 4.61. The van der Waals surface area contributed by atoms with Crippen LogP contribution in [0.2, 0.25) is 0 Å². The summed E-state index contributed by atoms with van der Waals surface area (Å²) in [5.41, 5.74) is 5.64. The molecule has 0 aromatic carbocycles. The molecule has 2 N–H and O–H groups in total. The number of ketones is 1. The number of amides is 1. The fraction of sp³-hybridized carbons (Fsp3) is 0.882. The summed E-state index contributed by atoms with van der Waals surface area (Å²) < 4.78 is 42.2. The van der Waals surface area contributed by atoms with E-state index in [1.165, 1.54) is 0 Å². The molecular weight excluding hydrogens is 541 g/mol. The Kier molecular flexibility index (Phi) is 6.62. The van der Waals surface area contributed by atoms with Crippen LogP contribution in [0.15, 0.2) is 11.6 Å². The van der Waals surface area contributed by atoms with Crippen molar-refractivity contribution in [2.24, 2.45) is 56.0 Å². The zero-order valence-electron chi connectivity index (χ0n) is 26.6. The number of hydroxylamine groups is 2. The van der Waals surface area contributed by atoms with Gasteiger partial charge in [-0.2, -0.15) is 0 Å². The SMILES string of the molecule is CC1(C)C2CC[C@]3(C)[C@H](C(=O)C=C4[C@@H]5C[C@@](C)(C(=O)N(OC6CC6)C(F)(F)F)CC[C@]5(C)CC[C@]43C)[C@@]2(C)CC[C@@H]1N. The highest BCUT2D eigenvalue weighted by atomic mass is 19.4. The van der Waals surface area contributed by atoms with E-state index >= 15 is 0 Å². The van der Waals surface area contributed by atoms with E-state index in [4.69, 9.17) is 10.6 Å². The summed E-state index contributed by atoms with van der Waals surface area (Å²) in [6.45, 7) is 15.5. The molecule has 0 saturated heterocycles. The number of rotatable bonds is 3. The molecule has 1 unspecified atom stereocenters. The van der Waals surface area contributed by atoms with Crippen LogP contribution in [-0.2, 0) is 14.4 Å². The third-order valence-corrected chi connectivity index (χ3v) is 14.4. The first kappa shape index (κ1) is 30.6. The molecule has 5 saturated carbocycles. The van der Waals surface area contributed by atoms with E-state index in [1.807, 2.05) is 6.08 Å². The zero-order valence-corrected chi connectivity index (χ0v) is 26.6. The van der Waals surface area contributed by atoms with Crippen molar-refractivity contribution in [1.82, 2.24) is 5.06 Å². The molecule has 0 bridgehead atoms. The number of fused-ring (bicyclic) bond motifs is 7. The minimum Gasteiger partial charge on any atom is -0.327 e. The Morgan fingerprint density at radius 2 is 1.57 bits per heavy atom. The molecule has 5 fully saturated rings. The van der Waals surface area contributed by atoms with Crippen molar-refractivity contribution in [1.29, 1.82) is 0 Å². The van der Waals surface area contributed by atoms with Gasteiger partial charge in [-0.1, -0.05) is 54.0 Å². The van der Waals surface area contributed by atoms with Gasteiger partial charge in [-0.05, 0) is 116 Å². The third kappa shape index (κ3) is 4.08. The fourth-order valence-corrected chi connectivity index (χ4v) is 11.2. The van der Waals surface area contributed by atoms with Gasteiger partial charge in [-0.15, -0.1) is 18.2 Å². The summed E-state index contributed by atoms with van der Waals surface area (Å²) in [5, 5.41) is -0.273. The average molecular weight is 593 g/mol. The van der Waals surface area contributed by atoms with Gasteiger partial charge in [0.15, 0.2) is 5.78 Å². The average Bonchev–Trinajstić information content (AvgIpc) is 3.71. The predicted octanol–water partition coefficient (Wildman–Crippen LogP) is 7.74. The Morgan fingerprint density at radius 3 is 2.19 bits per heavy atom. The maximum Gasteiger partial charge on any atom is 0.511 e. The molecule has 0 radical (unpaired) electrons. The second-order valence-electron chi connectivity index (χ2n) is 17.1. The van der Waals surface area contributed by atoms with E-state index in [2.05, 4.69) is 41.5 Å². The highest BCUT2D eigenvalue weighted by Gasteiger charge is 2.70. The zero-order chi connectivity index (χ0) is 30.9. The van der Waals surface area contributed by atoms with Gasteiger partial charge in [0.1, 0.15) is 0 Å². The van der Waals surface area contributed by atoms with Crippen LogP contribution in [0.25, 0.3) is 0 Å². The Labute approximate surface area is 249 Å². The second kappa shape index (κ2) is 9.08. The predicted molar refractivity (Wildman–Crippen MR) is 154 cm³/mol. The Morgan fingerprint density at radius 1 is 0.929 bits per heavy atom. The number of alkyl halides is 3. The van der Waals surface area contributed by atoms with Crippen molar-refractivity contribution in [2.75, 3.05) is 0 Å². The summed E-state index contributed by atoms with van der Waals surface area (Å²) in [6, 6.07) is 0.119. The molecule has 9 atom stereocenters. The highest BCUT2D eigenvalue weighted by molar-refractivity contribution is 5.95. The van der Waals surface area contributed by atoms with Crippen LogP contribution in [0.4, 0.5) is 13.2 Å². The number of allylic oxidation sites excluding steroid dienone is 2. The number of carbonyl (C=O) groups is 2. The lowest BCUT2D eigenvalue weighted by Gasteiger charge is -2.70. The quantitative estimate of drug-likeness (QED) is 0.269. The van der Waals surface area contributed by atoms with Gasteiger partial charge < -0.3 is 5.73 Å². The van der Waals surface area contributed by atoms with Gasteiger partial charge >= 0.3 is 6.30 Å². The Bertz CT molecular complexity index is 1210. The van der Waals surface area contributed by atoms with Crippen LogP contribution in [0.1, 0.15) is 119 Å². The van der Waals surface area contributed by atoms with Crippen molar-refractivity contribution in [3.8, 4) is 0 Å². The summed E-state index contributed by atoms with van der Waals surface area (Å²) in [5.74, 6) is -0.688. The summed E-state index contributed by atoms with van der Waals surface area (Å²) >= 11 is 0. The minimum absolute atomic E-state index is 0.0525. The van der Waals surface area contributed by atoms with Gasteiger partial charge in [-0.3, -0.25) is 14.4 Å². The van der Waals surface area contributed by atoms with Crippen molar-refractivity contribution < 1.29 is 27.6 Å². The maximum atomic E-state index is 14.5. The number of hydrogen-bond acceptors (Lipinski definition) is 4. The van der Waals surface area contributed by atoms with E-state index in [0.717, 1.165) is 44.1 Å². The van der Waals surface area contributed by atoms with Gasteiger partial charge in [0.2, 0.25) is 0 Å². The number of nitrogens with zero attached hydrogens (tertiary/aromatic N) is 1. The first-order chi connectivity index (χ1) is 19.2. The Hall–Kier alpha value is -1.41. The molecule has 6 aliphatic carbocycles. The molecule has 6 aliphatic rings. The minimum atomic E-state index is -4.89. The van der Waals surface area contributed by atoms with Crippen molar-refractivity contribution >= 4 is 11.7 Å². The second-order valence-corrected chi connectivity index (χ2v) is 17.1. The van der Waals surface area contributed by atoms with Crippen molar-refractivity contribution in [3.05, 3.63) is 11.6 Å². The first-order valence-electron chi connectivity index (χ1n) is 16.3. The molecule has 236 valence electrons. The van der Waals surface area contributed by atoms with E-state index in [-0.39, 0.29) is 55.8 Å². The molecule has 0 spiro atoms. The molecular formula is C34H51F3N2O3. The maximum absolute atomic E-state index is 14.5. The lowest BCUT2D eigenvalue weighted by Crippen LogP contribution is -2.67. The molecule has 6 rings (SSSR count). The van der Waals surface area contributed by atoms with Crippen LogP contribution in [0.5, 0.6) is 0 Å². The number of nitrogens with two attached hydrogens (primary N) is 1. The molecule has 0 aromatic rings. The molecule has 1 amide bonds. The lowest BCUT2D eigenvalue weighted by atomic mass is 9.33. The summed E-state index contributed by atoms with van der Waals surface area (Å²) in [4.78, 5) is 33.3. The van der Waals surface area contributed by atoms with E-state index in [1.54, 1.807) is 6.92 Å². The molecule has 8 heteroatoms.